The van der Waals surface area contributed by atoms with Crippen molar-refractivity contribution in [2.45, 2.75) is 4.90 Å². The van der Waals surface area contributed by atoms with Crippen LogP contribution in [0.1, 0.15) is 20.7 Å². The number of rotatable bonds is 3. The van der Waals surface area contributed by atoms with Crippen molar-refractivity contribution in [3.05, 3.63) is 29.3 Å². The van der Waals surface area contributed by atoms with Gasteiger partial charge in [-0.3, -0.25) is 0 Å². The first kappa shape index (κ1) is 21.4. The fraction of sp³-hybridized carbons (Fsp3) is 0.111. The maximum absolute atomic E-state index is 11.1. The number of hydrogen-bond donors (Lipinski definition) is 0. The van der Waals surface area contributed by atoms with E-state index >= 15 is 0 Å². The van der Waals surface area contributed by atoms with Crippen molar-refractivity contribution in [3.8, 4) is 0 Å². The van der Waals surface area contributed by atoms with Crippen molar-refractivity contribution < 1.29 is 91.5 Å². The molecule has 1 rings (SSSR count). The van der Waals surface area contributed by atoms with Gasteiger partial charge in [0.1, 0.15) is 10.1 Å². The molecule has 0 N–H and O–H groups in total. The molecule has 0 saturated heterocycles. The Morgan fingerprint density at radius 3 is 1.95 bits per heavy atom. The van der Waals surface area contributed by atoms with Gasteiger partial charge in [0.25, 0.3) is 0 Å². The predicted molar refractivity (Wildman–Crippen MR) is 50.1 cm³/mol. The second-order valence-corrected chi connectivity index (χ2v) is 4.36. The minimum atomic E-state index is -4.87. The smallest absolute Gasteiger partial charge is 0.744 e. The van der Waals surface area contributed by atoms with Crippen molar-refractivity contribution in [2.75, 3.05) is 7.11 Å². The molecule has 92 valence electrons. The molecule has 0 bridgehead atoms. The molecule has 19 heavy (non-hydrogen) atoms. The third-order valence-electron chi connectivity index (χ3n) is 1.85. The number of carboxylic acids is 1. The summed E-state index contributed by atoms with van der Waals surface area (Å²) in [5.74, 6) is -2.67. The van der Waals surface area contributed by atoms with E-state index in [-0.39, 0.29) is 64.7 Å². The zero-order valence-electron chi connectivity index (χ0n) is 10.5. The summed E-state index contributed by atoms with van der Waals surface area (Å²) in [6.07, 6.45) is 0. The number of benzene rings is 1. The first-order chi connectivity index (χ1) is 7.75. The Hall–Kier alpha value is 0.0700. The normalized spacial score (nSPS) is 9.79. The summed E-state index contributed by atoms with van der Waals surface area (Å²) < 4.78 is 36.5. The third kappa shape index (κ3) is 5.92. The van der Waals surface area contributed by atoms with Crippen LogP contribution in [0.25, 0.3) is 0 Å². The average molecular weight is 304 g/mol. The molecule has 0 aliphatic carbocycles. The number of hydrogen-bond acceptors (Lipinski definition) is 7. The van der Waals surface area contributed by atoms with Crippen molar-refractivity contribution in [1.29, 1.82) is 0 Å². The standard InChI is InChI=1S/C9H8O7S.2Na/c1-16-9(12)6-2-5(8(10)11)3-7(4-6)17(13,14)15;;/h2-4H,1H3,(H,10,11)(H,13,14,15);;/q;2*+1/p-2. The number of carbonyl (C=O) groups excluding carboxylic acids is 2. The number of carbonyl (C=O) groups is 2. The fourth-order valence-corrected chi connectivity index (χ4v) is 1.64. The van der Waals surface area contributed by atoms with Gasteiger partial charge >= 0.3 is 65.1 Å². The van der Waals surface area contributed by atoms with Crippen LogP contribution < -0.4 is 64.2 Å². The van der Waals surface area contributed by atoms with E-state index in [4.69, 9.17) is 0 Å². The first-order valence-corrected chi connectivity index (χ1v) is 5.57. The van der Waals surface area contributed by atoms with E-state index in [0.29, 0.717) is 6.07 Å². The van der Waals surface area contributed by atoms with E-state index in [2.05, 4.69) is 4.74 Å². The topological polar surface area (TPSA) is 124 Å². The molecular weight excluding hydrogens is 298 g/mol. The molecule has 0 aliphatic heterocycles. The molecule has 0 aliphatic rings. The molecule has 0 aromatic heterocycles. The molecule has 0 fully saturated rings. The van der Waals surface area contributed by atoms with Crippen LogP contribution in [-0.4, -0.2) is 32.0 Å². The molecule has 0 unspecified atom stereocenters. The van der Waals surface area contributed by atoms with E-state index in [1.165, 1.54) is 0 Å². The number of ether oxygens (including phenoxy) is 1. The van der Waals surface area contributed by atoms with Crippen LogP contribution in [0.5, 0.6) is 0 Å². The van der Waals surface area contributed by atoms with Crippen LogP contribution >= 0.6 is 0 Å². The molecule has 0 atom stereocenters. The number of methoxy groups -OCH3 is 1. The van der Waals surface area contributed by atoms with Gasteiger partial charge in [-0.1, -0.05) is 0 Å². The monoisotopic (exact) mass is 304 g/mol. The second kappa shape index (κ2) is 8.38. The van der Waals surface area contributed by atoms with Gasteiger partial charge in [-0.25, -0.2) is 13.2 Å². The largest absolute Gasteiger partial charge is 1.00 e. The van der Waals surface area contributed by atoms with Crippen molar-refractivity contribution in [3.63, 3.8) is 0 Å². The number of carboxylic acid groups (broad SMARTS) is 1. The Morgan fingerprint density at radius 2 is 1.58 bits per heavy atom. The van der Waals surface area contributed by atoms with Crippen LogP contribution in [0.15, 0.2) is 23.1 Å². The van der Waals surface area contributed by atoms with Gasteiger partial charge in [-0.2, -0.15) is 0 Å². The fourth-order valence-electron chi connectivity index (χ4n) is 1.10. The maximum atomic E-state index is 11.1. The van der Waals surface area contributed by atoms with E-state index in [9.17, 15) is 27.7 Å². The van der Waals surface area contributed by atoms with Gasteiger partial charge in [0.2, 0.25) is 0 Å². The molecule has 0 amide bonds. The first-order valence-electron chi connectivity index (χ1n) is 4.16. The third-order valence-corrected chi connectivity index (χ3v) is 2.67. The maximum Gasteiger partial charge on any atom is 1.00 e. The summed E-state index contributed by atoms with van der Waals surface area (Å²) in [7, 11) is -3.84. The summed E-state index contributed by atoms with van der Waals surface area (Å²) in [5.41, 5.74) is -0.953. The van der Waals surface area contributed by atoms with E-state index in [1.54, 1.807) is 0 Å². The molecule has 1 aromatic rings. The summed E-state index contributed by atoms with van der Waals surface area (Å²) in [5, 5.41) is 10.6. The van der Waals surface area contributed by atoms with Gasteiger partial charge in [0.05, 0.1) is 23.5 Å². The SMILES string of the molecule is COC(=O)c1cc(C(=O)[O-])cc(S(=O)(=O)[O-])c1.[Na+].[Na+]. The van der Waals surface area contributed by atoms with Gasteiger partial charge < -0.3 is 19.2 Å². The molecule has 0 spiro atoms. The van der Waals surface area contributed by atoms with Crippen LogP contribution in [-0.2, 0) is 14.9 Å². The Balaban J connectivity index is 0. The van der Waals surface area contributed by atoms with Crippen molar-refractivity contribution in [1.82, 2.24) is 0 Å². The zero-order valence-corrected chi connectivity index (χ0v) is 15.3. The molecule has 0 saturated carbocycles. The average Bonchev–Trinajstić information content (AvgIpc) is 2.26. The Kier molecular flexibility index (Phi) is 9.42. The quantitative estimate of drug-likeness (QED) is 0.309. The van der Waals surface area contributed by atoms with Crippen LogP contribution in [0.2, 0.25) is 0 Å². The molecule has 7 nitrogen and oxygen atoms in total. The minimum Gasteiger partial charge on any atom is -0.744 e. The Bertz CT molecular complexity index is 582. The molecule has 0 heterocycles. The van der Waals surface area contributed by atoms with Crippen LogP contribution in [0, 0.1) is 0 Å². The Labute approximate surface area is 153 Å². The van der Waals surface area contributed by atoms with Crippen LogP contribution in [0.4, 0.5) is 0 Å². The van der Waals surface area contributed by atoms with E-state index in [1.807, 2.05) is 0 Å². The van der Waals surface area contributed by atoms with Gasteiger partial charge in [0.15, 0.2) is 0 Å². The van der Waals surface area contributed by atoms with E-state index < -0.39 is 32.5 Å². The summed E-state index contributed by atoms with van der Waals surface area (Å²) in [6, 6.07) is 2.21. The minimum absolute atomic E-state index is 0. The predicted octanol–water partition coefficient (Wildman–Crippen LogP) is -7.25. The number of esters is 1. The van der Waals surface area contributed by atoms with Gasteiger partial charge in [-0.05, 0) is 23.8 Å². The van der Waals surface area contributed by atoms with Crippen molar-refractivity contribution in [2.24, 2.45) is 0 Å². The molecular formula is C9H6Na2O7S. The number of aromatic carboxylic acids is 1. The second-order valence-electron chi connectivity index (χ2n) is 2.98. The summed E-state index contributed by atoms with van der Waals surface area (Å²) in [4.78, 5) is 20.9. The van der Waals surface area contributed by atoms with Gasteiger partial charge in [-0.15, -0.1) is 0 Å². The zero-order chi connectivity index (χ0) is 13.2. The molecule has 1 aromatic carbocycles. The van der Waals surface area contributed by atoms with Gasteiger partial charge in [0, 0.05) is 0 Å². The van der Waals surface area contributed by atoms with Crippen LogP contribution in [0.3, 0.4) is 0 Å². The Morgan fingerprint density at radius 1 is 1.11 bits per heavy atom. The molecule has 10 heteroatoms. The summed E-state index contributed by atoms with van der Waals surface area (Å²) in [6.45, 7) is 0. The summed E-state index contributed by atoms with van der Waals surface area (Å²) >= 11 is 0. The molecule has 0 radical (unpaired) electrons. The van der Waals surface area contributed by atoms with Crippen molar-refractivity contribution >= 4 is 22.1 Å². The van der Waals surface area contributed by atoms with E-state index in [0.717, 1.165) is 19.2 Å².